The van der Waals surface area contributed by atoms with E-state index < -0.39 is 11.9 Å². The largest absolute Gasteiger partial charge is 0.380 e. The number of nitrogens with zero attached hydrogens (tertiary/aromatic N) is 4. The first-order valence-corrected chi connectivity index (χ1v) is 13.7. The predicted octanol–water partition coefficient (Wildman–Crippen LogP) is 6.11. The van der Waals surface area contributed by atoms with Crippen LogP contribution < -0.4 is 5.56 Å². The summed E-state index contributed by atoms with van der Waals surface area (Å²) in [4.78, 5) is 34.3. The van der Waals surface area contributed by atoms with Gasteiger partial charge in [0.25, 0.3) is 5.56 Å². The van der Waals surface area contributed by atoms with Crippen LogP contribution in [0.1, 0.15) is 49.4 Å². The summed E-state index contributed by atoms with van der Waals surface area (Å²) in [5.41, 5.74) is 3.25. The molecule has 9 heteroatoms. The molecular formula is C33H27FN4O4. The number of fused-ring (bicyclic) bond motifs is 2. The van der Waals surface area contributed by atoms with E-state index in [4.69, 9.17) is 9.51 Å². The third-order valence-electron chi connectivity index (χ3n) is 7.22. The van der Waals surface area contributed by atoms with E-state index in [1.807, 2.05) is 30.3 Å². The minimum Gasteiger partial charge on any atom is -0.380 e. The van der Waals surface area contributed by atoms with Crippen LogP contribution in [0.15, 0.2) is 94.4 Å². The predicted molar refractivity (Wildman–Crippen MR) is 157 cm³/mol. The fourth-order valence-corrected chi connectivity index (χ4v) is 5.03. The second kappa shape index (κ2) is 11.5. The molecule has 3 aromatic heterocycles. The van der Waals surface area contributed by atoms with Gasteiger partial charge in [-0.1, -0.05) is 29.4 Å². The van der Waals surface area contributed by atoms with Gasteiger partial charge in [-0.05, 0) is 68.3 Å². The van der Waals surface area contributed by atoms with Crippen LogP contribution in [0.3, 0.4) is 0 Å². The molecule has 42 heavy (non-hydrogen) atoms. The SMILES string of the molecule is CC(=O)CCCCc1nc2cc(-c3cc(C(O)c4cnc5ccccc5c4)on3)ccc2c(=O)n1-c1ccc(F)cc1. The van der Waals surface area contributed by atoms with Crippen LogP contribution >= 0.6 is 0 Å². The first kappa shape index (κ1) is 27.2. The first-order chi connectivity index (χ1) is 20.4. The second-order valence-corrected chi connectivity index (χ2v) is 10.3. The molecule has 0 saturated heterocycles. The van der Waals surface area contributed by atoms with Crippen molar-refractivity contribution in [1.82, 2.24) is 19.7 Å². The Balaban J connectivity index is 1.35. The van der Waals surface area contributed by atoms with Gasteiger partial charge in [-0.3, -0.25) is 14.3 Å². The third-order valence-corrected chi connectivity index (χ3v) is 7.22. The molecule has 6 rings (SSSR count). The maximum Gasteiger partial charge on any atom is 0.265 e. The van der Waals surface area contributed by atoms with E-state index in [0.717, 1.165) is 10.9 Å². The van der Waals surface area contributed by atoms with Gasteiger partial charge in [0.05, 0.1) is 22.1 Å². The molecule has 8 nitrogen and oxygen atoms in total. The van der Waals surface area contributed by atoms with Gasteiger partial charge < -0.3 is 14.4 Å². The van der Waals surface area contributed by atoms with Crippen molar-refractivity contribution in [2.75, 3.05) is 0 Å². The molecule has 0 spiro atoms. The summed E-state index contributed by atoms with van der Waals surface area (Å²) in [6.45, 7) is 1.55. The quantitative estimate of drug-likeness (QED) is 0.212. The Kier molecular flexibility index (Phi) is 7.41. The molecule has 0 bridgehead atoms. The number of aliphatic hydroxyl groups is 1. The summed E-state index contributed by atoms with van der Waals surface area (Å²) in [7, 11) is 0. The number of aryl methyl sites for hydroxylation is 1. The number of Topliss-reactive ketones (excluding diaryl/α,β-unsaturated/α-hetero) is 1. The van der Waals surface area contributed by atoms with Crippen molar-refractivity contribution < 1.29 is 18.8 Å². The zero-order chi connectivity index (χ0) is 29.2. The van der Waals surface area contributed by atoms with Gasteiger partial charge in [0, 0.05) is 41.6 Å². The third kappa shape index (κ3) is 5.46. The van der Waals surface area contributed by atoms with Crippen LogP contribution in [0.4, 0.5) is 4.39 Å². The highest BCUT2D eigenvalue weighted by atomic mass is 19.1. The van der Waals surface area contributed by atoms with Crippen LogP contribution in [0.2, 0.25) is 0 Å². The lowest BCUT2D eigenvalue weighted by Gasteiger charge is -2.14. The van der Waals surface area contributed by atoms with Crippen LogP contribution in [0.5, 0.6) is 0 Å². The monoisotopic (exact) mass is 562 g/mol. The molecule has 0 aliphatic heterocycles. The van der Waals surface area contributed by atoms with Crippen molar-refractivity contribution in [1.29, 1.82) is 0 Å². The summed E-state index contributed by atoms with van der Waals surface area (Å²) in [5, 5.41) is 16.4. The lowest BCUT2D eigenvalue weighted by Crippen LogP contribution is -2.24. The number of hydrogen-bond donors (Lipinski definition) is 1. The number of aromatic nitrogens is 4. The number of hydrogen-bond acceptors (Lipinski definition) is 7. The molecule has 210 valence electrons. The molecule has 0 aliphatic rings. The lowest BCUT2D eigenvalue weighted by molar-refractivity contribution is -0.117. The normalized spacial score (nSPS) is 12.2. The Morgan fingerprint density at radius 1 is 1.00 bits per heavy atom. The smallest absolute Gasteiger partial charge is 0.265 e. The van der Waals surface area contributed by atoms with E-state index in [1.165, 1.54) is 16.7 Å². The molecule has 6 aromatic rings. The molecular weight excluding hydrogens is 535 g/mol. The van der Waals surface area contributed by atoms with Crippen molar-refractivity contribution in [2.45, 2.75) is 38.7 Å². The Morgan fingerprint density at radius 2 is 1.81 bits per heavy atom. The lowest BCUT2D eigenvalue weighted by atomic mass is 10.0. The fraction of sp³-hybridized carbons (Fsp3) is 0.182. The molecule has 0 amide bonds. The Hall–Kier alpha value is -5.02. The van der Waals surface area contributed by atoms with Gasteiger partial charge >= 0.3 is 0 Å². The Morgan fingerprint density at radius 3 is 2.62 bits per heavy atom. The molecule has 1 N–H and O–H groups in total. The first-order valence-electron chi connectivity index (χ1n) is 13.7. The van der Waals surface area contributed by atoms with Gasteiger partial charge in [-0.15, -0.1) is 0 Å². The zero-order valence-corrected chi connectivity index (χ0v) is 22.8. The average Bonchev–Trinajstić information content (AvgIpc) is 3.50. The molecule has 1 unspecified atom stereocenters. The second-order valence-electron chi connectivity index (χ2n) is 10.3. The highest BCUT2D eigenvalue weighted by Crippen LogP contribution is 2.29. The molecule has 0 saturated carbocycles. The summed E-state index contributed by atoms with van der Waals surface area (Å²) in [6, 6.07) is 22.0. The summed E-state index contributed by atoms with van der Waals surface area (Å²) >= 11 is 0. The van der Waals surface area contributed by atoms with E-state index in [1.54, 1.807) is 49.5 Å². The minimum atomic E-state index is -1.06. The van der Waals surface area contributed by atoms with E-state index in [-0.39, 0.29) is 17.1 Å². The van der Waals surface area contributed by atoms with Gasteiger partial charge in [0.15, 0.2) is 5.76 Å². The molecule has 1 atom stereocenters. The van der Waals surface area contributed by atoms with Gasteiger partial charge in [-0.2, -0.15) is 0 Å². The molecule has 3 aromatic carbocycles. The molecule has 0 radical (unpaired) electrons. The maximum absolute atomic E-state index is 13.7. The van der Waals surface area contributed by atoms with E-state index in [0.29, 0.717) is 64.9 Å². The topological polar surface area (TPSA) is 111 Å². The zero-order valence-electron chi connectivity index (χ0n) is 22.8. The van der Waals surface area contributed by atoms with Crippen molar-refractivity contribution in [3.05, 3.63) is 118 Å². The summed E-state index contributed by atoms with van der Waals surface area (Å²) in [6.07, 6.45) is 2.79. The number of halogens is 1. The number of carbonyl (C=O) groups is 1. The van der Waals surface area contributed by atoms with Crippen molar-refractivity contribution in [3.8, 4) is 16.9 Å². The standard InChI is InChI=1S/C33H27FN4O4/c1-20(39)6-2-5-9-31-36-29-17-22(10-15-26(29)33(41)38(31)25-13-11-24(34)12-14-25)28-18-30(42-37-28)32(40)23-16-21-7-3-4-8-27(21)35-19-23/h3-4,7-8,10-19,32,40H,2,5-6,9H2,1H3. The number of unbranched alkanes of at least 4 members (excludes halogenated alkanes) is 1. The van der Waals surface area contributed by atoms with E-state index in [2.05, 4.69) is 10.1 Å². The Bertz CT molecular complexity index is 1980. The van der Waals surface area contributed by atoms with Crippen molar-refractivity contribution >= 4 is 27.6 Å². The Labute approximate surface area is 240 Å². The highest BCUT2D eigenvalue weighted by Gasteiger charge is 2.19. The number of carbonyl (C=O) groups excluding carboxylic acids is 1. The van der Waals surface area contributed by atoms with Crippen LogP contribution in [0, 0.1) is 5.82 Å². The van der Waals surface area contributed by atoms with Crippen molar-refractivity contribution in [2.24, 2.45) is 0 Å². The summed E-state index contributed by atoms with van der Waals surface area (Å²) < 4.78 is 20.6. The van der Waals surface area contributed by atoms with Gasteiger partial charge in [0.1, 0.15) is 29.2 Å². The minimum absolute atomic E-state index is 0.107. The number of pyridine rings is 1. The van der Waals surface area contributed by atoms with E-state index >= 15 is 0 Å². The number of benzene rings is 3. The van der Waals surface area contributed by atoms with Gasteiger partial charge in [0.2, 0.25) is 0 Å². The van der Waals surface area contributed by atoms with Gasteiger partial charge in [-0.25, -0.2) is 9.37 Å². The fourth-order valence-electron chi connectivity index (χ4n) is 5.03. The average molecular weight is 563 g/mol. The number of aliphatic hydroxyl groups excluding tert-OH is 1. The molecule has 0 fully saturated rings. The van der Waals surface area contributed by atoms with Crippen molar-refractivity contribution in [3.63, 3.8) is 0 Å². The highest BCUT2D eigenvalue weighted by molar-refractivity contribution is 5.83. The number of ketones is 1. The summed E-state index contributed by atoms with van der Waals surface area (Å²) in [5.74, 6) is 0.478. The van der Waals surface area contributed by atoms with E-state index in [9.17, 15) is 19.1 Å². The van der Waals surface area contributed by atoms with Crippen LogP contribution in [0.25, 0.3) is 38.8 Å². The number of rotatable bonds is 9. The molecule has 0 aliphatic carbocycles. The maximum atomic E-state index is 13.7. The van der Waals surface area contributed by atoms with Crippen LogP contribution in [-0.4, -0.2) is 30.6 Å². The molecule has 3 heterocycles. The number of para-hydroxylation sites is 1. The van der Waals surface area contributed by atoms with Crippen LogP contribution in [-0.2, 0) is 11.2 Å².